The van der Waals surface area contributed by atoms with Crippen molar-refractivity contribution in [1.29, 1.82) is 0 Å². The summed E-state index contributed by atoms with van der Waals surface area (Å²) in [5.41, 5.74) is 0.862. The molecule has 2 nitrogen and oxygen atoms in total. The van der Waals surface area contributed by atoms with Gasteiger partial charge in [0, 0.05) is 11.6 Å². The second-order valence-corrected chi connectivity index (χ2v) is 3.71. The molecule has 1 unspecified atom stereocenters. The highest BCUT2D eigenvalue weighted by atomic mass is 35.5. The van der Waals surface area contributed by atoms with Crippen molar-refractivity contribution in [2.75, 3.05) is 13.1 Å². The van der Waals surface area contributed by atoms with Crippen LogP contribution in [0.1, 0.15) is 25.0 Å². The number of hydrogen-bond donors (Lipinski definition) is 2. The summed E-state index contributed by atoms with van der Waals surface area (Å²) in [6.45, 7) is 3.60. The van der Waals surface area contributed by atoms with Gasteiger partial charge in [-0.05, 0) is 30.7 Å². The Kier molecular flexibility index (Phi) is 4.94. The van der Waals surface area contributed by atoms with Crippen LogP contribution in [0.15, 0.2) is 24.3 Å². The first-order chi connectivity index (χ1) is 6.74. The molecule has 3 heteroatoms. The summed E-state index contributed by atoms with van der Waals surface area (Å²) in [5, 5.41) is 13.6. The zero-order valence-electron chi connectivity index (χ0n) is 8.33. The molecule has 0 aliphatic rings. The summed E-state index contributed by atoms with van der Waals surface area (Å²) in [4.78, 5) is 0. The van der Waals surface area contributed by atoms with E-state index in [1.54, 1.807) is 12.1 Å². The van der Waals surface area contributed by atoms with Gasteiger partial charge >= 0.3 is 0 Å². The standard InChI is InChI=1S/C11H16ClNO/c1-2-6-13-8-11(14)9-4-3-5-10(12)7-9/h3-5,7,11,13-14H,2,6,8H2,1H3. The molecule has 1 aromatic carbocycles. The van der Waals surface area contributed by atoms with Gasteiger partial charge in [-0.3, -0.25) is 0 Å². The van der Waals surface area contributed by atoms with Gasteiger partial charge in [-0.2, -0.15) is 0 Å². The molecule has 1 atom stereocenters. The fraction of sp³-hybridized carbons (Fsp3) is 0.455. The third-order valence-corrected chi connectivity index (χ3v) is 2.23. The third kappa shape index (κ3) is 3.66. The number of nitrogens with one attached hydrogen (secondary N) is 1. The van der Waals surface area contributed by atoms with Gasteiger partial charge in [0.1, 0.15) is 0 Å². The van der Waals surface area contributed by atoms with Gasteiger partial charge in [-0.1, -0.05) is 30.7 Å². The number of benzene rings is 1. The number of rotatable bonds is 5. The maximum absolute atomic E-state index is 9.75. The van der Waals surface area contributed by atoms with Gasteiger partial charge in [-0.25, -0.2) is 0 Å². The van der Waals surface area contributed by atoms with E-state index < -0.39 is 6.10 Å². The molecule has 0 saturated carbocycles. The minimum absolute atomic E-state index is 0.472. The molecule has 0 amide bonds. The van der Waals surface area contributed by atoms with E-state index in [1.165, 1.54) is 0 Å². The lowest BCUT2D eigenvalue weighted by molar-refractivity contribution is 0.175. The Hall–Kier alpha value is -0.570. The lowest BCUT2D eigenvalue weighted by Gasteiger charge is -2.11. The Morgan fingerprint density at radius 2 is 2.29 bits per heavy atom. The highest BCUT2D eigenvalue weighted by molar-refractivity contribution is 6.30. The van der Waals surface area contributed by atoms with Crippen molar-refractivity contribution < 1.29 is 5.11 Å². The van der Waals surface area contributed by atoms with E-state index in [9.17, 15) is 5.11 Å². The van der Waals surface area contributed by atoms with Gasteiger partial charge in [-0.15, -0.1) is 0 Å². The van der Waals surface area contributed by atoms with Crippen molar-refractivity contribution in [2.45, 2.75) is 19.4 Å². The van der Waals surface area contributed by atoms with E-state index in [0.29, 0.717) is 11.6 Å². The van der Waals surface area contributed by atoms with Gasteiger partial charge < -0.3 is 10.4 Å². The maximum atomic E-state index is 9.75. The summed E-state index contributed by atoms with van der Waals surface area (Å²) in [6, 6.07) is 7.32. The summed E-state index contributed by atoms with van der Waals surface area (Å²) >= 11 is 5.82. The first-order valence-corrected chi connectivity index (χ1v) is 5.26. The van der Waals surface area contributed by atoms with E-state index in [1.807, 2.05) is 12.1 Å². The molecule has 0 heterocycles. The fourth-order valence-electron chi connectivity index (χ4n) is 1.25. The molecular weight excluding hydrogens is 198 g/mol. The predicted molar refractivity (Wildman–Crippen MR) is 59.6 cm³/mol. The molecule has 1 rings (SSSR count). The minimum atomic E-state index is -0.472. The summed E-state index contributed by atoms with van der Waals surface area (Å²) in [7, 11) is 0. The van der Waals surface area contributed by atoms with Crippen LogP contribution >= 0.6 is 11.6 Å². The average molecular weight is 214 g/mol. The van der Waals surface area contributed by atoms with Crippen molar-refractivity contribution in [2.24, 2.45) is 0 Å². The number of aliphatic hydroxyl groups excluding tert-OH is 1. The van der Waals surface area contributed by atoms with Crippen LogP contribution in [0.5, 0.6) is 0 Å². The molecule has 0 radical (unpaired) electrons. The van der Waals surface area contributed by atoms with Crippen LogP contribution in [-0.2, 0) is 0 Å². The quantitative estimate of drug-likeness (QED) is 0.737. The van der Waals surface area contributed by atoms with Crippen LogP contribution < -0.4 is 5.32 Å². The third-order valence-electron chi connectivity index (χ3n) is 2.00. The Balaban J connectivity index is 2.47. The van der Waals surface area contributed by atoms with Crippen LogP contribution in [0.25, 0.3) is 0 Å². The van der Waals surface area contributed by atoms with E-state index in [-0.39, 0.29) is 0 Å². The van der Waals surface area contributed by atoms with Crippen LogP contribution in [0.3, 0.4) is 0 Å². The highest BCUT2D eigenvalue weighted by Gasteiger charge is 2.06. The molecule has 0 aromatic heterocycles. The second kappa shape index (κ2) is 6.02. The number of aliphatic hydroxyl groups is 1. The van der Waals surface area contributed by atoms with Gasteiger partial charge in [0.25, 0.3) is 0 Å². The predicted octanol–water partition coefficient (Wildman–Crippen LogP) is 2.37. The molecule has 0 aliphatic heterocycles. The van der Waals surface area contributed by atoms with Crippen LogP contribution in [0.4, 0.5) is 0 Å². The zero-order chi connectivity index (χ0) is 10.4. The van der Waals surface area contributed by atoms with E-state index in [2.05, 4.69) is 12.2 Å². The second-order valence-electron chi connectivity index (χ2n) is 3.27. The molecule has 0 fully saturated rings. The van der Waals surface area contributed by atoms with E-state index in [0.717, 1.165) is 18.5 Å². The normalized spacial score (nSPS) is 12.8. The van der Waals surface area contributed by atoms with Gasteiger partial charge in [0.2, 0.25) is 0 Å². The highest BCUT2D eigenvalue weighted by Crippen LogP contribution is 2.16. The lowest BCUT2D eigenvalue weighted by atomic mass is 10.1. The number of hydrogen-bond acceptors (Lipinski definition) is 2. The Labute approximate surface area is 89.9 Å². The first-order valence-electron chi connectivity index (χ1n) is 4.88. The molecule has 14 heavy (non-hydrogen) atoms. The number of halogens is 1. The van der Waals surface area contributed by atoms with Gasteiger partial charge in [0.15, 0.2) is 0 Å². The zero-order valence-corrected chi connectivity index (χ0v) is 9.09. The van der Waals surface area contributed by atoms with Crippen LogP contribution in [0, 0.1) is 0 Å². The lowest BCUT2D eigenvalue weighted by Crippen LogP contribution is -2.22. The van der Waals surface area contributed by atoms with Crippen LogP contribution in [0.2, 0.25) is 5.02 Å². The topological polar surface area (TPSA) is 32.3 Å². The van der Waals surface area contributed by atoms with Crippen LogP contribution in [-0.4, -0.2) is 18.2 Å². The molecule has 0 aliphatic carbocycles. The maximum Gasteiger partial charge on any atom is 0.0914 e. The first kappa shape index (κ1) is 11.5. The smallest absolute Gasteiger partial charge is 0.0914 e. The summed E-state index contributed by atoms with van der Waals surface area (Å²) in [5.74, 6) is 0. The molecule has 78 valence electrons. The summed E-state index contributed by atoms with van der Waals surface area (Å²) in [6.07, 6.45) is 0.600. The Morgan fingerprint density at radius 1 is 1.50 bits per heavy atom. The van der Waals surface area contributed by atoms with Crippen molar-refractivity contribution in [3.63, 3.8) is 0 Å². The van der Waals surface area contributed by atoms with E-state index >= 15 is 0 Å². The molecule has 0 saturated heterocycles. The van der Waals surface area contributed by atoms with Crippen molar-refractivity contribution in [1.82, 2.24) is 5.32 Å². The molecule has 0 bridgehead atoms. The van der Waals surface area contributed by atoms with Crippen molar-refractivity contribution in [3.8, 4) is 0 Å². The Morgan fingerprint density at radius 3 is 2.93 bits per heavy atom. The SMILES string of the molecule is CCCNCC(O)c1cccc(Cl)c1. The van der Waals surface area contributed by atoms with Crippen molar-refractivity contribution in [3.05, 3.63) is 34.9 Å². The molecular formula is C11H16ClNO. The average Bonchev–Trinajstić information content (AvgIpc) is 2.18. The molecule has 2 N–H and O–H groups in total. The van der Waals surface area contributed by atoms with Gasteiger partial charge in [0.05, 0.1) is 6.10 Å². The molecule has 1 aromatic rings. The molecule has 0 spiro atoms. The fourth-order valence-corrected chi connectivity index (χ4v) is 1.45. The Bertz CT molecular complexity index is 278. The minimum Gasteiger partial charge on any atom is -0.387 e. The monoisotopic (exact) mass is 213 g/mol. The summed E-state index contributed by atoms with van der Waals surface area (Å²) < 4.78 is 0. The largest absolute Gasteiger partial charge is 0.387 e. The van der Waals surface area contributed by atoms with Crippen molar-refractivity contribution >= 4 is 11.6 Å². The van der Waals surface area contributed by atoms with E-state index in [4.69, 9.17) is 11.6 Å².